The molecule has 0 unspecified atom stereocenters. The Bertz CT molecular complexity index is 913. The molecule has 0 bridgehead atoms. The minimum atomic E-state index is -0.827. The van der Waals surface area contributed by atoms with Gasteiger partial charge < -0.3 is 18.9 Å². The van der Waals surface area contributed by atoms with Crippen molar-refractivity contribution in [3.63, 3.8) is 0 Å². The monoisotopic (exact) mass is 588 g/mol. The van der Waals surface area contributed by atoms with Crippen LogP contribution < -0.4 is 9.47 Å². The summed E-state index contributed by atoms with van der Waals surface area (Å²) in [5, 5.41) is 0.00643. The summed E-state index contributed by atoms with van der Waals surface area (Å²) in [6.45, 7) is 0. The Morgan fingerprint density at radius 3 is 1.53 bits per heavy atom. The van der Waals surface area contributed by atoms with Crippen LogP contribution in [0.5, 0.6) is 11.5 Å². The zero-order chi connectivity index (χ0) is 24.3. The number of ether oxygens (including phenoxy) is 4. The lowest BCUT2D eigenvalue weighted by atomic mass is 10.1. The number of benzene rings is 2. The quantitative estimate of drug-likeness (QED) is 0.256. The molecule has 10 heteroatoms. The molecule has 0 saturated carbocycles. The van der Waals surface area contributed by atoms with Crippen LogP contribution >= 0.6 is 44.1 Å². The van der Waals surface area contributed by atoms with E-state index in [-0.39, 0.29) is 23.7 Å². The minimum absolute atomic E-state index is 0.00643. The number of carbonyl (C=O) groups is 3. The standard InChI is InChI=1S/C11H11BrO4.C11H11BrO3S/c1-15-10-4-3-7(5-8(10)12)6-9(13)11(14)16-2;1-14-10-4-3-7(5-8(10)12)6-9(13)11(16)15-2/h2*3-5H,6H2,1-2H3. The van der Waals surface area contributed by atoms with E-state index in [2.05, 4.69) is 36.6 Å². The molecule has 2 aromatic carbocycles. The maximum Gasteiger partial charge on any atom is 0.374 e. The largest absolute Gasteiger partial charge is 0.496 e. The molecule has 7 nitrogen and oxygen atoms in total. The predicted octanol–water partition coefficient (Wildman–Crippen LogP) is 4.29. The Balaban J connectivity index is 0.000000320. The highest BCUT2D eigenvalue weighted by atomic mass is 79.9. The van der Waals surface area contributed by atoms with E-state index in [0.717, 1.165) is 25.8 Å². The fourth-order valence-corrected chi connectivity index (χ4v) is 3.63. The summed E-state index contributed by atoms with van der Waals surface area (Å²) in [5.74, 6) is -0.194. The van der Waals surface area contributed by atoms with Crippen LogP contribution in [-0.2, 0) is 36.7 Å². The van der Waals surface area contributed by atoms with Gasteiger partial charge >= 0.3 is 5.97 Å². The van der Waals surface area contributed by atoms with Crippen LogP contribution in [0.4, 0.5) is 0 Å². The molecule has 2 aromatic rings. The number of rotatable bonds is 8. The molecule has 0 aliphatic rings. The maximum absolute atomic E-state index is 11.5. The van der Waals surface area contributed by atoms with Crippen molar-refractivity contribution in [1.82, 2.24) is 0 Å². The number of halogens is 2. The minimum Gasteiger partial charge on any atom is -0.496 e. The molecular formula is C22H22Br2O7S. The third kappa shape index (κ3) is 8.68. The molecule has 0 radical (unpaired) electrons. The number of carbonyl (C=O) groups excluding carboxylic acids is 3. The van der Waals surface area contributed by atoms with Gasteiger partial charge in [-0.1, -0.05) is 12.1 Å². The molecule has 0 heterocycles. The van der Waals surface area contributed by atoms with Gasteiger partial charge in [-0.2, -0.15) is 0 Å². The zero-order valence-electron chi connectivity index (χ0n) is 17.9. The summed E-state index contributed by atoms with van der Waals surface area (Å²) < 4.78 is 20.7. The van der Waals surface area contributed by atoms with E-state index in [9.17, 15) is 14.4 Å². The van der Waals surface area contributed by atoms with Crippen molar-refractivity contribution in [3.05, 3.63) is 56.5 Å². The van der Waals surface area contributed by atoms with Gasteiger partial charge in [-0.05, 0) is 79.5 Å². The Morgan fingerprint density at radius 1 is 0.750 bits per heavy atom. The van der Waals surface area contributed by atoms with Gasteiger partial charge in [0.2, 0.25) is 16.6 Å². The highest BCUT2D eigenvalue weighted by Crippen LogP contribution is 2.26. The van der Waals surface area contributed by atoms with Crippen LogP contribution in [0.2, 0.25) is 0 Å². The molecule has 2 rings (SSSR count). The maximum atomic E-state index is 11.5. The number of ketones is 2. The van der Waals surface area contributed by atoms with E-state index >= 15 is 0 Å². The lowest BCUT2D eigenvalue weighted by Gasteiger charge is -2.06. The fourth-order valence-electron chi connectivity index (χ4n) is 2.38. The predicted molar refractivity (Wildman–Crippen MR) is 130 cm³/mol. The summed E-state index contributed by atoms with van der Waals surface area (Å²) in [4.78, 5) is 33.7. The molecule has 0 N–H and O–H groups in total. The Hall–Kier alpha value is -2.30. The van der Waals surface area contributed by atoms with Crippen molar-refractivity contribution in [2.75, 3.05) is 28.4 Å². The average molecular weight is 590 g/mol. The third-order valence-electron chi connectivity index (χ3n) is 3.99. The van der Waals surface area contributed by atoms with Crippen LogP contribution in [-0.4, -0.2) is 51.0 Å². The van der Waals surface area contributed by atoms with Crippen LogP contribution in [0, 0.1) is 0 Å². The topological polar surface area (TPSA) is 88.1 Å². The highest BCUT2D eigenvalue weighted by molar-refractivity contribution is 9.10. The smallest absolute Gasteiger partial charge is 0.374 e. The molecule has 0 fully saturated rings. The molecule has 172 valence electrons. The number of Topliss-reactive ketones (excluding diaryl/α,β-unsaturated/α-hetero) is 2. The molecule has 0 atom stereocenters. The number of esters is 1. The normalized spacial score (nSPS) is 9.69. The molecule has 0 spiro atoms. The number of hydrogen-bond donors (Lipinski definition) is 0. The van der Waals surface area contributed by atoms with Crippen molar-refractivity contribution in [3.8, 4) is 11.5 Å². The van der Waals surface area contributed by atoms with E-state index in [1.165, 1.54) is 14.2 Å². The van der Waals surface area contributed by atoms with E-state index in [0.29, 0.717) is 5.75 Å². The van der Waals surface area contributed by atoms with Crippen LogP contribution in [0.25, 0.3) is 0 Å². The van der Waals surface area contributed by atoms with Crippen LogP contribution in [0.15, 0.2) is 45.3 Å². The first-order chi connectivity index (χ1) is 15.2. The van der Waals surface area contributed by atoms with Gasteiger partial charge in [-0.3, -0.25) is 9.59 Å². The number of methoxy groups -OCH3 is 4. The summed E-state index contributed by atoms with van der Waals surface area (Å²) in [6.07, 6.45) is 0.254. The van der Waals surface area contributed by atoms with Gasteiger partial charge in [-0.15, -0.1) is 0 Å². The van der Waals surface area contributed by atoms with E-state index in [4.69, 9.17) is 26.4 Å². The molecule has 32 heavy (non-hydrogen) atoms. The molecule has 0 amide bonds. The second kappa shape index (κ2) is 14.0. The fraction of sp³-hybridized carbons (Fsp3) is 0.273. The first-order valence-corrected chi connectivity index (χ1v) is 11.0. The van der Waals surface area contributed by atoms with E-state index in [1.54, 1.807) is 38.5 Å². The van der Waals surface area contributed by atoms with Gasteiger partial charge in [0, 0.05) is 12.8 Å². The van der Waals surface area contributed by atoms with E-state index < -0.39 is 11.8 Å². The highest BCUT2D eigenvalue weighted by Gasteiger charge is 2.15. The van der Waals surface area contributed by atoms with Crippen molar-refractivity contribution in [1.29, 1.82) is 0 Å². The molecule has 0 aliphatic heterocycles. The summed E-state index contributed by atoms with van der Waals surface area (Å²) >= 11 is 11.4. The molecule has 0 aliphatic carbocycles. The first-order valence-electron chi connectivity index (χ1n) is 9.03. The number of thiocarbonyl (C=S) groups is 1. The lowest BCUT2D eigenvalue weighted by Crippen LogP contribution is -2.17. The SMILES string of the molecule is COC(=O)C(=O)Cc1ccc(OC)c(Br)c1.COC(=S)C(=O)Cc1ccc(OC)c(Br)c1. The van der Waals surface area contributed by atoms with Gasteiger partial charge in [0.05, 0.1) is 37.4 Å². The van der Waals surface area contributed by atoms with Crippen molar-refractivity contribution < 1.29 is 33.3 Å². The molecule has 0 aromatic heterocycles. The van der Waals surface area contributed by atoms with Crippen LogP contribution in [0.3, 0.4) is 0 Å². The van der Waals surface area contributed by atoms with E-state index in [1.807, 2.05) is 12.1 Å². The van der Waals surface area contributed by atoms with Gasteiger partial charge in [0.25, 0.3) is 0 Å². The van der Waals surface area contributed by atoms with Crippen molar-refractivity contribution >= 4 is 66.7 Å². The molecule has 0 saturated heterocycles. The summed E-state index contributed by atoms with van der Waals surface area (Å²) in [5.41, 5.74) is 1.58. The zero-order valence-corrected chi connectivity index (χ0v) is 21.9. The van der Waals surface area contributed by atoms with Gasteiger partial charge in [0.1, 0.15) is 11.5 Å². The second-order valence-electron chi connectivity index (χ2n) is 6.12. The Labute approximate surface area is 208 Å². The van der Waals surface area contributed by atoms with Crippen molar-refractivity contribution in [2.24, 2.45) is 0 Å². The summed E-state index contributed by atoms with van der Waals surface area (Å²) in [6, 6.07) is 10.6. The third-order valence-corrected chi connectivity index (χ3v) is 5.62. The van der Waals surface area contributed by atoms with Gasteiger partial charge in [0.15, 0.2) is 0 Å². The second-order valence-corrected chi connectivity index (χ2v) is 8.20. The Kier molecular flexibility index (Phi) is 12.1. The lowest BCUT2D eigenvalue weighted by molar-refractivity contribution is -0.151. The van der Waals surface area contributed by atoms with Crippen molar-refractivity contribution in [2.45, 2.75) is 12.8 Å². The number of hydrogen-bond acceptors (Lipinski definition) is 8. The molecular weight excluding hydrogens is 568 g/mol. The Morgan fingerprint density at radius 2 is 1.19 bits per heavy atom. The van der Waals surface area contributed by atoms with Gasteiger partial charge in [-0.25, -0.2) is 4.79 Å². The first kappa shape index (κ1) is 27.7. The average Bonchev–Trinajstić information content (AvgIpc) is 2.78. The summed E-state index contributed by atoms with van der Waals surface area (Å²) in [7, 11) is 5.72. The van der Waals surface area contributed by atoms with Crippen LogP contribution in [0.1, 0.15) is 11.1 Å².